The Labute approximate surface area is 80.9 Å². The van der Waals surface area contributed by atoms with E-state index in [1.807, 2.05) is 0 Å². The first-order valence-corrected chi connectivity index (χ1v) is 5.29. The van der Waals surface area contributed by atoms with Crippen molar-refractivity contribution in [2.24, 2.45) is 11.7 Å². The minimum atomic E-state index is 0.153. The molecule has 1 aliphatic carbocycles. The predicted octanol–water partition coefficient (Wildman–Crippen LogP) is 0.428. The van der Waals surface area contributed by atoms with Crippen LogP contribution in [0.15, 0.2) is 0 Å². The molecule has 3 N–H and O–H groups in total. The third kappa shape index (κ3) is 3.25. The van der Waals surface area contributed by atoms with Crippen LogP contribution in [0, 0.1) is 5.92 Å². The lowest BCUT2D eigenvalue weighted by Gasteiger charge is -2.27. The fraction of sp³-hybridized carbons (Fsp3) is 1.00. The summed E-state index contributed by atoms with van der Waals surface area (Å²) in [6.45, 7) is 1.84. The first-order chi connectivity index (χ1) is 6.27. The van der Waals surface area contributed by atoms with E-state index in [2.05, 4.69) is 11.9 Å². The van der Waals surface area contributed by atoms with Gasteiger partial charge in [0, 0.05) is 19.1 Å². The Hall–Kier alpha value is -0.120. The number of hydrogen-bond acceptors (Lipinski definition) is 3. The van der Waals surface area contributed by atoms with E-state index in [9.17, 15) is 0 Å². The zero-order valence-corrected chi connectivity index (χ0v) is 8.58. The maximum atomic E-state index is 9.05. The molecule has 0 aromatic heterocycles. The molecule has 13 heavy (non-hydrogen) atoms. The molecule has 1 atom stereocenters. The number of aliphatic hydroxyl groups excluding tert-OH is 1. The van der Waals surface area contributed by atoms with E-state index in [1.54, 1.807) is 0 Å². The number of nitrogens with zero attached hydrogens (tertiary/aromatic N) is 1. The lowest BCUT2D eigenvalue weighted by atomic mass is 10.1. The molecule has 3 nitrogen and oxygen atoms in total. The van der Waals surface area contributed by atoms with Crippen molar-refractivity contribution in [3.05, 3.63) is 0 Å². The fourth-order valence-corrected chi connectivity index (χ4v) is 2.14. The second-order valence-corrected chi connectivity index (χ2v) is 4.16. The second-order valence-electron chi connectivity index (χ2n) is 4.16. The smallest absolute Gasteiger partial charge is 0.0599 e. The van der Waals surface area contributed by atoms with Crippen molar-refractivity contribution in [2.75, 3.05) is 26.7 Å². The van der Waals surface area contributed by atoms with E-state index in [4.69, 9.17) is 10.8 Å². The highest BCUT2D eigenvalue weighted by molar-refractivity contribution is 4.75. The van der Waals surface area contributed by atoms with Crippen LogP contribution in [0.2, 0.25) is 0 Å². The standard InChI is InChI=1S/C10H22N2O/c1-12(10(6-11)8-13)7-9-4-2-3-5-9/h9-10,13H,2-8,11H2,1H3. The van der Waals surface area contributed by atoms with E-state index in [0.717, 1.165) is 12.5 Å². The lowest BCUT2D eigenvalue weighted by molar-refractivity contribution is 0.136. The largest absolute Gasteiger partial charge is 0.395 e. The van der Waals surface area contributed by atoms with Gasteiger partial charge < -0.3 is 10.8 Å². The molecule has 0 aliphatic heterocycles. The van der Waals surface area contributed by atoms with E-state index in [1.165, 1.54) is 25.7 Å². The molecule has 0 saturated heterocycles. The van der Waals surface area contributed by atoms with Crippen molar-refractivity contribution in [3.63, 3.8) is 0 Å². The Morgan fingerprint density at radius 3 is 2.54 bits per heavy atom. The van der Waals surface area contributed by atoms with Crippen molar-refractivity contribution in [1.29, 1.82) is 0 Å². The molecule has 0 aromatic rings. The Morgan fingerprint density at radius 2 is 2.08 bits per heavy atom. The molecule has 1 aliphatic rings. The third-order valence-corrected chi connectivity index (χ3v) is 3.13. The molecule has 3 heteroatoms. The molecular weight excluding hydrogens is 164 g/mol. The first-order valence-electron chi connectivity index (χ1n) is 5.29. The maximum absolute atomic E-state index is 9.05. The van der Waals surface area contributed by atoms with E-state index in [0.29, 0.717) is 6.54 Å². The van der Waals surface area contributed by atoms with Crippen LogP contribution in [0.4, 0.5) is 0 Å². The number of likely N-dealkylation sites (N-methyl/N-ethyl adjacent to an activating group) is 1. The fourth-order valence-electron chi connectivity index (χ4n) is 2.14. The average molecular weight is 186 g/mol. The number of hydrogen-bond donors (Lipinski definition) is 2. The molecule has 0 spiro atoms. The number of nitrogens with two attached hydrogens (primary N) is 1. The van der Waals surface area contributed by atoms with Crippen molar-refractivity contribution < 1.29 is 5.11 Å². The van der Waals surface area contributed by atoms with Gasteiger partial charge in [-0.3, -0.25) is 4.90 Å². The quantitative estimate of drug-likeness (QED) is 0.654. The molecular formula is C10H22N2O. The van der Waals surface area contributed by atoms with Crippen LogP contribution in [0.1, 0.15) is 25.7 Å². The highest BCUT2D eigenvalue weighted by Crippen LogP contribution is 2.25. The van der Waals surface area contributed by atoms with Crippen LogP contribution < -0.4 is 5.73 Å². The van der Waals surface area contributed by atoms with Gasteiger partial charge in [-0.2, -0.15) is 0 Å². The topological polar surface area (TPSA) is 49.5 Å². The molecule has 1 saturated carbocycles. The Kier molecular flexibility index (Phi) is 4.70. The summed E-state index contributed by atoms with van der Waals surface area (Å²) in [4.78, 5) is 2.20. The zero-order chi connectivity index (χ0) is 9.68. The van der Waals surface area contributed by atoms with Gasteiger partial charge in [0.25, 0.3) is 0 Å². The second kappa shape index (κ2) is 5.58. The van der Waals surface area contributed by atoms with Crippen LogP contribution in [0.5, 0.6) is 0 Å². The summed E-state index contributed by atoms with van der Waals surface area (Å²) < 4.78 is 0. The molecule has 0 heterocycles. The van der Waals surface area contributed by atoms with Gasteiger partial charge in [-0.15, -0.1) is 0 Å². The van der Waals surface area contributed by atoms with Crippen LogP contribution in [-0.2, 0) is 0 Å². The van der Waals surface area contributed by atoms with Gasteiger partial charge in [0.2, 0.25) is 0 Å². The Morgan fingerprint density at radius 1 is 1.46 bits per heavy atom. The van der Waals surface area contributed by atoms with Crippen LogP contribution in [0.3, 0.4) is 0 Å². The highest BCUT2D eigenvalue weighted by Gasteiger charge is 2.20. The first kappa shape index (κ1) is 11.0. The van der Waals surface area contributed by atoms with E-state index >= 15 is 0 Å². The van der Waals surface area contributed by atoms with Crippen LogP contribution in [-0.4, -0.2) is 42.8 Å². The van der Waals surface area contributed by atoms with Crippen molar-refractivity contribution >= 4 is 0 Å². The highest BCUT2D eigenvalue weighted by atomic mass is 16.3. The minimum absolute atomic E-state index is 0.153. The molecule has 0 bridgehead atoms. The molecule has 0 radical (unpaired) electrons. The van der Waals surface area contributed by atoms with Crippen LogP contribution in [0.25, 0.3) is 0 Å². The maximum Gasteiger partial charge on any atom is 0.0599 e. The van der Waals surface area contributed by atoms with E-state index < -0.39 is 0 Å². The molecule has 1 unspecified atom stereocenters. The van der Waals surface area contributed by atoms with Gasteiger partial charge in [0.15, 0.2) is 0 Å². The molecule has 1 fully saturated rings. The Bertz CT molecular complexity index is 131. The van der Waals surface area contributed by atoms with Gasteiger partial charge in [-0.05, 0) is 25.8 Å². The lowest BCUT2D eigenvalue weighted by Crippen LogP contribution is -2.42. The Balaban J connectivity index is 2.25. The van der Waals surface area contributed by atoms with Gasteiger partial charge in [-0.1, -0.05) is 12.8 Å². The summed E-state index contributed by atoms with van der Waals surface area (Å²) in [6, 6.07) is 0.153. The summed E-state index contributed by atoms with van der Waals surface area (Å²) in [5.41, 5.74) is 5.56. The number of rotatable bonds is 5. The third-order valence-electron chi connectivity index (χ3n) is 3.13. The zero-order valence-electron chi connectivity index (χ0n) is 8.58. The van der Waals surface area contributed by atoms with Gasteiger partial charge >= 0.3 is 0 Å². The summed E-state index contributed by atoms with van der Waals surface area (Å²) in [5, 5.41) is 9.05. The normalized spacial score (nSPS) is 21.2. The summed E-state index contributed by atoms with van der Waals surface area (Å²) in [7, 11) is 2.06. The predicted molar refractivity (Wildman–Crippen MR) is 54.5 cm³/mol. The van der Waals surface area contributed by atoms with E-state index in [-0.39, 0.29) is 12.6 Å². The minimum Gasteiger partial charge on any atom is -0.395 e. The van der Waals surface area contributed by atoms with Gasteiger partial charge in [0.05, 0.1) is 6.61 Å². The summed E-state index contributed by atoms with van der Waals surface area (Å²) in [6.07, 6.45) is 5.47. The summed E-state index contributed by atoms with van der Waals surface area (Å²) >= 11 is 0. The van der Waals surface area contributed by atoms with Crippen LogP contribution >= 0.6 is 0 Å². The molecule has 1 rings (SSSR count). The van der Waals surface area contributed by atoms with Gasteiger partial charge in [-0.25, -0.2) is 0 Å². The number of aliphatic hydroxyl groups is 1. The van der Waals surface area contributed by atoms with Crippen molar-refractivity contribution in [2.45, 2.75) is 31.7 Å². The molecule has 0 aromatic carbocycles. The average Bonchev–Trinajstić information content (AvgIpc) is 2.59. The monoisotopic (exact) mass is 186 g/mol. The van der Waals surface area contributed by atoms with Crippen molar-refractivity contribution in [1.82, 2.24) is 4.90 Å². The van der Waals surface area contributed by atoms with Crippen molar-refractivity contribution in [3.8, 4) is 0 Å². The van der Waals surface area contributed by atoms with Gasteiger partial charge in [0.1, 0.15) is 0 Å². The molecule has 0 amide bonds. The SMILES string of the molecule is CN(CC1CCCC1)C(CN)CO. The summed E-state index contributed by atoms with van der Waals surface area (Å²) in [5.74, 6) is 0.839. The molecule has 78 valence electrons.